The minimum Gasteiger partial charge on any atom is -0.497 e. The van der Waals surface area contributed by atoms with Gasteiger partial charge in [-0.1, -0.05) is 18.2 Å². The lowest BCUT2D eigenvalue weighted by Gasteiger charge is -2.40. The van der Waals surface area contributed by atoms with Crippen LogP contribution < -0.4 is 4.74 Å². The molecule has 1 amide bonds. The Morgan fingerprint density at radius 3 is 2.62 bits per heavy atom. The largest absolute Gasteiger partial charge is 0.497 e. The summed E-state index contributed by atoms with van der Waals surface area (Å²) in [6, 6.07) is 15.0. The van der Waals surface area contributed by atoms with Crippen LogP contribution in [0.25, 0.3) is 0 Å². The van der Waals surface area contributed by atoms with Crippen LogP contribution in [0, 0.1) is 17.6 Å². The zero-order valence-corrected chi connectivity index (χ0v) is 19.5. The summed E-state index contributed by atoms with van der Waals surface area (Å²) < 4.78 is 38.1. The molecule has 0 unspecified atom stereocenters. The SMILES string of the molecule is COc1cccc(C[C@H](C2CCN(Cc3ccc(F)cc3F)CC2)N(C)C(=O)c2ccco2)c1. The molecule has 1 fully saturated rings. The third-order valence-corrected chi connectivity index (χ3v) is 6.71. The van der Waals surface area contributed by atoms with E-state index in [2.05, 4.69) is 4.90 Å². The lowest BCUT2D eigenvalue weighted by Crippen LogP contribution is -2.47. The summed E-state index contributed by atoms with van der Waals surface area (Å²) in [5, 5.41) is 0. The Kier molecular flexibility index (Phi) is 7.63. The van der Waals surface area contributed by atoms with Gasteiger partial charge in [-0.3, -0.25) is 9.69 Å². The minimum absolute atomic E-state index is 0.0330. The van der Waals surface area contributed by atoms with Crippen LogP contribution in [-0.2, 0) is 13.0 Å². The predicted molar refractivity (Wildman–Crippen MR) is 126 cm³/mol. The summed E-state index contributed by atoms with van der Waals surface area (Å²) in [5.41, 5.74) is 1.59. The van der Waals surface area contributed by atoms with Crippen LogP contribution in [0.1, 0.15) is 34.5 Å². The van der Waals surface area contributed by atoms with Gasteiger partial charge in [0.2, 0.25) is 0 Å². The molecule has 2 heterocycles. The van der Waals surface area contributed by atoms with Crippen molar-refractivity contribution in [3.8, 4) is 5.75 Å². The molecule has 1 aliphatic heterocycles. The molecule has 34 heavy (non-hydrogen) atoms. The van der Waals surface area contributed by atoms with Crippen LogP contribution in [0.15, 0.2) is 65.3 Å². The van der Waals surface area contributed by atoms with Gasteiger partial charge in [0.15, 0.2) is 5.76 Å². The second kappa shape index (κ2) is 10.8. The molecule has 0 N–H and O–H groups in total. The summed E-state index contributed by atoms with van der Waals surface area (Å²) in [6.07, 6.45) is 3.93. The molecule has 0 bridgehead atoms. The number of nitrogens with zero attached hydrogens (tertiary/aromatic N) is 2. The zero-order chi connectivity index (χ0) is 24.1. The van der Waals surface area contributed by atoms with Crippen molar-refractivity contribution in [1.29, 1.82) is 0 Å². The van der Waals surface area contributed by atoms with Crippen LogP contribution in [0.4, 0.5) is 8.78 Å². The summed E-state index contributed by atoms with van der Waals surface area (Å²) in [4.78, 5) is 17.1. The molecular formula is C27H30F2N2O3. The Hall–Kier alpha value is -3.19. The lowest BCUT2D eigenvalue weighted by atomic mass is 9.84. The molecule has 7 heteroatoms. The summed E-state index contributed by atoms with van der Waals surface area (Å²) in [7, 11) is 3.47. The van der Waals surface area contributed by atoms with Gasteiger partial charge in [0.1, 0.15) is 17.4 Å². The van der Waals surface area contributed by atoms with Gasteiger partial charge in [0.25, 0.3) is 5.91 Å². The second-order valence-corrected chi connectivity index (χ2v) is 8.87. The number of amides is 1. The monoisotopic (exact) mass is 468 g/mol. The number of likely N-dealkylation sites (N-methyl/N-ethyl adjacent to an activating group) is 1. The third-order valence-electron chi connectivity index (χ3n) is 6.71. The zero-order valence-electron chi connectivity index (χ0n) is 19.5. The molecule has 1 aliphatic rings. The number of carbonyl (C=O) groups is 1. The first kappa shape index (κ1) is 24.0. The number of ether oxygens (including phenoxy) is 1. The first-order valence-corrected chi connectivity index (χ1v) is 11.5. The molecule has 0 saturated carbocycles. The van der Waals surface area contributed by atoms with Crippen LogP contribution >= 0.6 is 0 Å². The molecule has 1 aromatic heterocycles. The van der Waals surface area contributed by atoms with E-state index in [4.69, 9.17) is 9.15 Å². The van der Waals surface area contributed by atoms with Crippen molar-refractivity contribution >= 4 is 5.91 Å². The van der Waals surface area contributed by atoms with E-state index < -0.39 is 11.6 Å². The second-order valence-electron chi connectivity index (χ2n) is 8.87. The van der Waals surface area contributed by atoms with Gasteiger partial charge in [0, 0.05) is 31.3 Å². The molecule has 0 radical (unpaired) electrons. The average Bonchev–Trinajstić information content (AvgIpc) is 3.39. The van der Waals surface area contributed by atoms with Gasteiger partial charge >= 0.3 is 0 Å². The summed E-state index contributed by atoms with van der Waals surface area (Å²) in [6.45, 7) is 2.00. The van der Waals surface area contributed by atoms with E-state index in [1.807, 2.05) is 31.3 Å². The third kappa shape index (κ3) is 5.65. The van der Waals surface area contributed by atoms with Gasteiger partial charge < -0.3 is 14.1 Å². The van der Waals surface area contributed by atoms with Gasteiger partial charge in [-0.2, -0.15) is 0 Å². The van der Waals surface area contributed by atoms with Crippen molar-refractivity contribution in [2.24, 2.45) is 5.92 Å². The lowest BCUT2D eigenvalue weighted by molar-refractivity contribution is 0.0555. The smallest absolute Gasteiger partial charge is 0.289 e. The first-order valence-electron chi connectivity index (χ1n) is 11.5. The molecule has 1 atom stereocenters. The molecule has 2 aromatic carbocycles. The van der Waals surface area contributed by atoms with E-state index in [-0.39, 0.29) is 17.9 Å². The van der Waals surface area contributed by atoms with Crippen molar-refractivity contribution in [3.63, 3.8) is 0 Å². The van der Waals surface area contributed by atoms with Crippen molar-refractivity contribution < 1.29 is 22.7 Å². The van der Waals surface area contributed by atoms with Crippen molar-refractivity contribution in [1.82, 2.24) is 9.80 Å². The molecule has 4 rings (SSSR count). The highest BCUT2D eigenvalue weighted by molar-refractivity contribution is 5.91. The number of carbonyl (C=O) groups excluding carboxylic acids is 1. The van der Waals surface area contributed by atoms with E-state index in [0.29, 0.717) is 24.3 Å². The number of hydrogen-bond acceptors (Lipinski definition) is 4. The molecule has 0 spiro atoms. The maximum absolute atomic E-state index is 14.1. The topological polar surface area (TPSA) is 45.9 Å². The fourth-order valence-corrected chi connectivity index (χ4v) is 4.77. The van der Waals surface area contributed by atoms with E-state index in [0.717, 1.165) is 43.3 Å². The van der Waals surface area contributed by atoms with E-state index in [1.165, 1.54) is 18.4 Å². The number of furan rings is 1. The number of piperidine rings is 1. The highest BCUT2D eigenvalue weighted by Gasteiger charge is 2.33. The normalized spacial score (nSPS) is 15.8. The Bertz CT molecular complexity index is 1100. The number of hydrogen-bond donors (Lipinski definition) is 0. The number of rotatable bonds is 8. The minimum atomic E-state index is -0.565. The summed E-state index contributed by atoms with van der Waals surface area (Å²) >= 11 is 0. The standard InChI is InChI=1S/C27H30F2N2O3/c1-30(27(32)26-7-4-14-34-26)25(16-19-5-3-6-23(15-19)33-2)20-10-12-31(13-11-20)18-21-8-9-22(28)17-24(21)29/h3-9,14-15,17,20,25H,10-13,16,18H2,1-2H3/t25-/m1/s1. The quantitative estimate of drug-likeness (QED) is 0.458. The average molecular weight is 469 g/mol. The van der Waals surface area contributed by atoms with Gasteiger partial charge in [-0.15, -0.1) is 0 Å². The molecule has 0 aliphatic carbocycles. The molecular weight excluding hydrogens is 438 g/mol. The molecule has 3 aromatic rings. The Morgan fingerprint density at radius 1 is 1.15 bits per heavy atom. The van der Waals surface area contributed by atoms with Crippen molar-refractivity contribution in [2.75, 3.05) is 27.2 Å². The molecule has 5 nitrogen and oxygen atoms in total. The number of halogens is 2. The molecule has 180 valence electrons. The van der Waals surface area contributed by atoms with Crippen molar-refractivity contribution in [2.45, 2.75) is 31.8 Å². The number of methoxy groups -OCH3 is 1. The molecule has 1 saturated heterocycles. The van der Waals surface area contributed by atoms with Gasteiger partial charge in [-0.05, 0) is 74.2 Å². The summed E-state index contributed by atoms with van der Waals surface area (Å²) in [5.74, 6) is 0.152. The maximum atomic E-state index is 14.1. The fourth-order valence-electron chi connectivity index (χ4n) is 4.77. The first-order chi connectivity index (χ1) is 16.4. The van der Waals surface area contributed by atoms with Crippen LogP contribution in [0.5, 0.6) is 5.75 Å². The Morgan fingerprint density at radius 2 is 1.94 bits per heavy atom. The Balaban J connectivity index is 1.47. The van der Waals surface area contributed by atoms with Gasteiger partial charge in [-0.25, -0.2) is 8.78 Å². The highest BCUT2D eigenvalue weighted by atomic mass is 19.1. The number of benzene rings is 2. The van der Waals surface area contributed by atoms with Crippen LogP contribution in [0.3, 0.4) is 0 Å². The predicted octanol–water partition coefficient (Wildman–Crippen LogP) is 5.16. The fraction of sp³-hybridized carbons (Fsp3) is 0.370. The Labute approximate surface area is 198 Å². The van der Waals surface area contributed by atoms with Crippen LogP contribution in [0.2, 0.25) is 0 Å². The van der Waals surface area contributed by atoms with E-state index in [1.54, 1.807) is 24.1 Å². The van der Waals surface area contributed by atoms with Crippen molar-refractivity contribution in [3.05, 3.63) is 89.4 Å². The van der Waals surface area contributed by atoms with Gasteiger partial charge in [0.05, 0.1) is 13.4 Å². The highest BCUT2D eigenvalue weighted by Crippen LogP contribution is 2.29. The van der Waals surface area contributed by atoms with E-state index in [9.17, 15) is 13.6 Å². The number of likely N-dealkylation sites (tertiary alicyclic amines) is 1. The van der Waals surface area contributed by atoms with Crippen LogP contribution in [-0.4, -0.2) is 49.0 Å². The maximum Gasteiger partial charge on any atom is 0.289 e. The van der Waals surface area contributed by atoms with E-state index >= 15 is 0 Å².